The first-order valence-electron chi connectivity index (χ1n) is 11.6. The number of halogens is 4. The highest BCUT2D eigenvalue weighted by Gasteiger charge is 2.37. The van der Waals surface area contributed by atoms with E-state index in [1.54, 1.807) is 38.2 Å². The maximum Gasteiger partial charge on any atom is 0.413 e. The molecular weight excluding hydrogens is 529 g/mol. The van der Waals surface area contributed by atoms with Crippen LogP contribution in [0.15, 0.2) is 36.7 Å². The van der Waals surface area contributed by atoms with Crippen LogP contribution in [0.4, 0.5) is 29.5 Å². The van der Waals surface area contributed by atoms with Crippen LogP contribution in [-0.4, -0.2) is 55.7 Å². The Morgan fingerprint density at radius 2 is 1.97 bits per heavy atom. The van der Waals surface area contributed by atoms with E-state index in [1.165, 1.54) is 17.1 Å². The quantitative estimate of drug-likeness (QED) is 0.355. The van der Waals surface area contributed by atoms with Crippen LogP contribution in [0, 0.1) is 5.92 Å². The van der Waals surface area contributed by atoms with E-state index < -0.39 is 24.9 Å². The SMILES string of the molecule is C[C@@H](OC(=O)Nc1c(-c2ccc(NC(=O)[C@H]3C[C@H](NCC(F)(F)F)C3)cn2)nnn1C)c1cccnc1Cl. The zero-order valence-electron chi connectivity index (χ0n) is 20.3. The molecule has 3 aromatic rings. The first-order valence-corrected chi connectivity index (χ1v) is 11.9. The van der Waals surface area contributed by atoms with E-state index in [0.717, 1.165) is 0 Å². The molecule has 0 bridgehead atoms. The van der Waals surface area contributed by atoms with Crippen LogP contribution in [0.3, 0.4) is 0 Å². The molecule has 0 radical (unpaired) electrons. The van der Waals surface area contributed by atoms with E-state index in [9.17, 15) is 22.8 Å². The molecule has 1 fully saturated rings. The van der Waals surface area contributed by atoms with Crippen LogP contribution in [0.5, 0.6) is 0 Å². The largest absolute Gasteiger partial charge is 0.441 e. The van der Waals surface area contributed by atoms with Gasteiger partial charge < -0.3 is 15.4 Å². The van der Waals surface area contributed by atoms with Gasteiger partial charge in [-0.1, -0.05) is 22.9 Å². The van der Waals surface area contributed by atoms with Gasteiger partial charge in [-0.25, -0.2) is 14.5 Å². The van der Waals surface area contributed by atoms with Gasteiger partial charge in [0.1, 0.15) is 11.3 Å². The van der Waals surface area contributed by atoms with Gasteiger partial charge in [0.05, 0.1) is 24.1 Å². The van der Waals surface area contributed by atoms with Crippen molar-refractivity contribution < 1.29 is 27.5 Å². The third-order valence-corrected chi connectivity index (χ3v) is 6.25. The van der Waals surface area contributed by atoms with Gasteiger partial charge in [-0.3, -0.25) is 15.1 Å². The molecule has 1 aliphatic rings. The molecule has 3 aromatic heterocycles. The Hall–Kier alpha value is -3.78. The summed E-state index contributed by atoms with van der Waals surface area (Å²) in [6, 6.07) is 6.22. The second-order valence-corrected chi connectivity index (χ2v) is 9.11. The standard InChI is InChI=1S/C23H24ClF3N8O3/c1-12(16-4-3-7-28-19(16)24)38-22(37)32-20-18(33-34-35(20)2)17-6-5-14(10-29-17)31-21(36)13-8-15(9-13)30-11-23(25,26)27/h3-7,10,12-13,15,30H,8-9,11H2,1-2H3,(H,31,36)(H,32,37)/t12-,13-,15-/m1/s1. The number of rotatable bonds is 8. The number of ether oxygens (including phenoxy) is 1. The second-order valence-electron chi connectivity index (χ2n) is 8.75. The van der Waals surface area contributed by atoms with Gasteiger partial charge in [0.15, 0.2) is 11.5 Å². The number of anilines is 2. The average molecular weight is 553 g/mol. The lowest BCUT2D eigenvalue weighted by atomic mass is 9.79. The van der Waals surface area contributed by atoms with E-state index in [-0.39, 0.29) is 34.5 Å². The molecule has 3 heterocycles. The lowest BCUT2D eigenvalue weighted by Gasteiger charge is -2.35. The van der Waals surface area contributed by atoms with Gasteiger partial charge in [0, 0.05) is 30.8 Å². The average Bonchev–Trinajstić information content (AvgIpc) is 3.17. The molecule has 1 atom stereocenters. The minimum atomic E-state index is -4.29. The van der Waals surface area contributed by atoms with E-state index >= 15 is 0 Å². The van der Waals surface area contributed by atoms with Crippen molar-refractivity contribution >= 4 is 35.1 Å². The third kappa shape index (κ3) is 6.75. The molecule has 1 saturated carbocycles. The van der Waals surface area contributed by atoms with Crippen molar-refractivity contribution in [1.82, 2.24) is 30.3 Å². The Morgan fingerprint density at radius 1 is 1.21 bits per heavy atom. The van der Waals surface area contributed by atoms with Crippen LogP contribution in [-0.2, 0) is 16.6 Å². The van der Waals surface area contributed by atoms with Crippen molar-refractivity contribution in [3.63, 3.8) is 0 Å². The summed E-state index contributed by atoms with van der Waals surface area (Å²) in [5.74, 6) is -0.446. The topological polar surface area (TPSA) is 136 Å². The molecule has 0 saturated heterocycles. The van der Waals surface area contributed by atoms with Crippen molar-refractivity contribution in [1.29, 1.82) is 0 Å². The normalized spacial score (nSPS) is 17.8. The smallest absolute Gasteiger partial charge is 0.413 e. The summed E-state index contributed by atoms with van der Waals surface area (Å²) < 4.78 is 43.6. The lowest BCUT2D eigenvalue weighted by Crippen LogP contribution is -2.48. The number of aromatic nitrogens is 5. The van der Waals surface area contributed by atoms with Gasteiger partial charge >= 0.3 is 12.3 Å². The number of carbonyl (C=O) groups excluding carboxylic acids is 2. The van der Waals surface area contributed by atoms with E-state index in [0.29, 0.717) is 29.8 Å². The third-order valence-electron chi connectivity index (χ3n) is 5.93. The van der Waals surface area contributed by atoms with Gasteiger partial charge in [0.2, 0.25) is 5.91 Å². The predicted molar refractivity (Wildman–Crippen MR) is 131 cm³/mol. The Morgan fingerprint density at radius 3 is 2.63 bits per heavy atom. The summed E-state index contributed by atoms with van der Waals surface area (Å²) in [5, 5.41) is 15.9. The number of hydrogen-bond donors (Lipinski definition) is 3. The maximum absolute atomic E-state index is 12.5. The van der Waals surface area contributed by atoms with Gasteiger partial charge in [0.25, 0.3) is 0 Å². The molecule has 202 valence electrons. The van der Waals surface area contributed by atoms with Crippen LogP contribution in [0.1, 0.15) is 31.4 Å². The summed E-state index contributed by atoms with van der Waals surface area (Å²) in [4.78, 5) is 33.2. The fourth-order valence-corrected chi connectivity index (χ4v) is 4.11. The van der Waals surface area contributed by atoms with E-state index in [4.69, 9.17) is 16.3 Å². The zero-order valence-corrected chi connectivity index (χ0v) is 21.0. The van der Waals surface area contributed by atoms with Gasteiger partial charge in [-0.2, -0.15) is 13.2 Å². The summed E-state index contributed by atoms with van der Waals surface area (Å²) in [5.41, 5.74) is 1.59. The highest BCUT2D eigenvalue weighted by Crippen LogP contribution is 2.30. The summed E-state index contributed by atoms with van der Waals surface area (Å²) >= 11 is 6.06. The van der Waals surface area contributed by atoms with E-state index in [2.05, 4.69) is 36.2 Å². The van der Waals surface area contributed by atoms with Crippen LogP contribution < -0.4 is 16.0 Å². The number of amides is 2. The van der Waals surface area contributed by atoms with Crippen molar-refractivity contribution in [2.45, 2.75) is 38.1 Å². The van der Waals surface area contributed by atoms with Gasteiger partial charge in [-0.05, 0) is 38.0 Å². The fraction of sp³-hybridized carbons (Fsp3) is 0.391. The molecule has 0 aromatic carbocycles. The summed E-state index contributed by atoms with van der Waals surface area (Å²) in [6.45, 7) is 0.578. The number of nitrogens with one attached hydrogen (secondary N) is 3. The van der Waals surface area contributed by atoms with Gasteiger partial charge in [-0.15, -0.1) is 5.10 Å². The Bertz CT molecular complexity index is 1300. The molecule has 1 aliphatic carbocycles. The minimum Gasteiger partial charge on any atom is -0.441 e. The molecule has 0 aliphatic heterocycles. The number of carbonyl (C=O) groups is 2. The lowest BCUT2D eigenvalue weighted by molar-refractivity contribution is -0.130. The molecule has 3 N–H and O–H groups in total. The molecule has 0 unspecified atom stereocenters. The maximum atomic E-state index is 12.5. The molecule has 38 heavy (non-hydrogen) atoms. The number of aryl methyl sites for hydroxylation is 1. The molecule has 0 spiro atoms. The van der Waals surface area contributed by atoms with Crippen molar-refractivity contribution in [2.75, 3.05) is 17.2 Å². The summed E-state index contributed by atoms with van der Waals surface area (Å²) in [7, 11) is 1.58. The molecule has 2 amide bonds. The fourth-order valence-electron chi connectivity index (χ4n) is 3.83. The van der Waals surface area contributed by atoms with Crippen LogP contribution in [0.2, 0.25) is 5.15 Å². The molecular formula is C23H24ClF3N8O3. The Labute approximate surface area is 220 Å². The van der Waals surface area contributed by atoms with Crippen LogP contribution >= 0.6 is 11.6 Å². The Balaban J connectivity index is 1.33. The number of pyridine rings is 2. The van der Waals surface area contributed by atoms with Crippen molar-refractivity contribution in [2.24, 2.45) is 13.0 Å². The first-order chi connectivity index (χ1) is 18.0. The van der Waals surface area contributed by atoms with Crippen molar-refractivity contribution in [3.8, 4) is 11.4 Å². The molecule has 11 nitrogen and oxygen atoms in total. The number of alkyl halides is 3. The first kappa shape index (κ1) is 27.3. The molecule has 4 rings (SSSR count). The second kappa shape index (κ2) is 11.3. The van der Waals surface area contributed by atoms with Crippen LogP contribution in [0.25, 0.3) is 11.4 Å². The van der Waals surface area contributed by atoms with Crippen molar-refractivity contribution in [3.05, 3.63) is 47.4 Å². The van der Waals surface area contributed by atoms with E-state index in [1.807, 2.05) is 0 Å². The Kier molecular flexibility index (Phi) is 8.11. The molecule has 15 heteroatoms. The monoisotopic (exact) mass is 552 g/mol. The highest BCUT2D eigenvalue weighted by atomic mass is 35.5. The number of nitrogens with zero attached hydrogens (tertiary/aromatic N) is 5. The minimum absolute atomic E-state index is 0.224. The zero-order chi connectivity index (χ0) is 27.4. The highest BCUT2D eigenvalue weighted by molar-refractivity contribution is 6.30. The summed E-state index contributed by atoms with van der Waals surface area (Å²) in [6.07, 6.45) is -2.14. The predicted octanol–water partition coefficient (Wildman–Crippen LogP) is 4.10. The number of hydrogen-bond acceptors (Lipinski definition) is 8.